The van der Waals surface area contributed by atoms with E-state index in [1.807, 2.05) is 0 Å². The first-order valence-corrected chi connectivity index (χ1v) is 10.2. The fourth-order valence-corrected chi connectivity index (χ4v) is 3.89. The SMILES string of the molecule is Cc1ccc(C[C@@H]2CN(CC#CCN3CCOCC3(C)C)CCN2)cc1C. The van der Waals surface area contributed by atoms with E-state index in [0.717, 1.165) is 58.9 Å². The zero-order valence-corrected chi connectivity index (χ0v) is 17.5. The Morgan fingerprint density at radius 2 is 1.96 bits per heavy atom. The van der Waals surface area contributed by atoms with Crippen LogP contribution in [0.5, 0.6) is 0 Å². The predicted octanol–water partition coefficient (Wildman–Crippen LogP) is 2.23. The average Bonchev–Trinajstić information content (AvgIpc) is 2.63. The zero-order valence-electron chi connectivity index (χ0n) is 17.5. The van der Waals surface area contributed by atoms with Gasteiger partial charge in [-0.15, -0.1) is 0 Å². The van der Waals surface area contributed by atoms with E-state index in [2.05, 4.69) is 72.9 Å². The van der Waals surface area contributed by atoms with Gasteiger partial charge in [-0.25, -0.2) is 0 Å². The highest BCUT2D eigenvalue weighted by atomic mass is 16.5. The largest absolute Gasteiger partial charge is 0.378 e. The van der Waals surface area contributed by atoms with E-state index in [1.54, 1.807) is 0 Å². The number of ether oxygens (including phenoxy) is 1. The van der Waals surface area contributed by atoms with Gasteiger partial charge < -0.3 is 10.1 Å². The lowest BCUT2D eigenvalue weighted by molar-refractivity contribution is -0.0440. The number of hydrogen-bond donors (Lipinski definition) is 1. The highest BCUT2D eigenvalue weighted by molar-refractivity contribution is 5.30. The third kappa shape index (κ3) is 5.80. The minimum atomic E-state index is 0.0965. The lowest BCUT2D eigenvalue weighted by Gasteiger charge is -2.41. The van der Waals surface area contributed by atoms with Crippen LogP contribution < -0.4 is 5.32 Å². The fourth-order valence-electron chi connectivity index (χ4n) is 3.89. The van der Waals surface area contributed by atoms with Gasteiger partial charge in [0.15, 0.2) is 0 Å². The van der Waals surface area contributed by atoms with E-state index < -0.39 is 0 Å². The Labute approximate surface area is 165 Å². The number of hydrogen-bond acceptors (Lipinski definition) is 4. The third-order valence-electron chi connectivity index (χ3n) is 5.91. The van der Waals surface area contributed by atoms with Crippen molar-refractivity contribution in [3.05, 3.63) is 34.9 Å². The van der Waals surface area contributed by atoms with Crippen molar-refractivity contribution >= 4 is 0 Å². The van der Waals surface area contributed by atoms with Crippen molar-refractivity contribution in [1.82, 2.24) is 15.1 Å². The average molecular weight is 370 g/mol. The van der Waals surface area contributed by atoms with Gasteiger partial charge in [0.2, 0.25) is 0 Å². The molecule has 1 atom stereocenters. The van der Waals surface area contributed by atoms with Crippen LogP contribution in [0.25, 0.3) is 0 Å². The molecule has 4 heteroatoms. The fraction of sp³-hybridized carbons (Fsp3) is 0.652. The van der Waals surface area contributed by atoms with E-state index >= 15 is 0 Å². The van der Waals surface area contributed by atoms with Gasteiger partial charge >= 0.3 is 0 Å². The van der Waals surface area contributed by atoms with Crippen LogP contribution in [0.15, 0.2) is 18.2 Å². The Morgan fingerprint density at radius 1 is 1.15 bits per heavy atom. The summed E-state index contributed by atoms with van der Waals surface area (Å²) in [5.74, 6) is 6.80. The Balaban J connectivity index is 1.46. The van der Waals surface area contributed by atoms with E-state index in [9.17, 15) is 0 Å². The summed E-state index contributed by atoms with van der Waals surface area (Å²) < 4.78 is 5.59. The first-order valence-electron chi connectivity index (χ1n) is 10.2. The molecule has 2 aliphatic rings. The van der Waals surface area contributed by atoms with E-state index in [-0.39, 0.29) is 5.54 Å². The van der Waals surface area contributed by atoms with Crippen molar-refractivity contribution in [3.8, 4) is 11.8 Å². The molecule has 27 heavy (non-hydrogen) atoms. The summed E-state index contributed by atoms with van der Waals surface area (Å²) in [7, 11) is 0. The molecule has 0 saturated carbocycles. The lowest BCUT2D eigenvalue weighted by Crippen LogP contribution is -2.53. The number of nitrogens with one attached hydrogen (secondary N) is 1. The second-order valence-electron chi connectivity index (χ2n) is 8.65. The third-order valence-corrected chi connectivity index (χ3v) is 5.91. The predicted molar refractivity (Wildman–Crippen MR) is 112 cm³/mol. The number of nitrogens with zero attached hydrogens (tertiary/aromatic N) is 2. The van der Waals surface area contributed by atoms with Crippen molar-refractivity contribution in [3.63, 3.8) is 0 Å². The number of rotatable bonds is 4. The number of aryl methyl sites for hydroxylation is 2. The molecular weight excluding hydrogens is 334 g/mol. The second-order valence-corrected chi connectivity index (χ2v) is 8.65. The first-order chi connectivity index (χ1) is 12.9. The molecular formula is C23H35N3O. The molecule has 2 aliphatic heterocycles. The number of benzene rings is 1. The van der Waals surface area contributed by atoms with Gasteiger partial charge in [0, 0.05) is 37.8 Å². The monoisotopic (exact) mass is 369 g/mol. The Bertz CT molecular complexity index is 689. The topological polar surface area (TPSA) is 27.7 Å². The van der Waals surface area contributed by atoms with Crippen LogP contribution in [0.1, 0.15) is 30.5 Å². The van der Waals surface area contributed by atoms with Gasteiger partial charge in [0.1, 0.15) is 0 Å². The van der Waals surface area contributed by atoms with Crippen molar-refractivity contribution in [2.45, 2.75) is 45.7 Å². The smallest absolute Gasteiger partial charge is 0.0646 e. The standard InChI is InChI=1S/C23H35N3O/c1-19-7-8-21(15-20(19)2)16-22-17-25(12-9-24-22)10-5-6-11-26-13-14-27-18-23(26,3)4/h7-8,15,22,24H,9-14,16-18H2,1-4H3/t22-/m1/s1. The molecule has 2 heterocycles. The van der Waals surface area contributed by atoms with Crippen LogP contribution in [0.2, 0.25) is 0 Å². The van der Waals surface area contributed by atoms with Crippen molar-refractivity contribution < 1.29 is 4.74 Å². The maximum absolute atomic E-state index is 5.59. The van der Waals surface area contributed by atoms with Crippen molar-refractivity contribution in [1.29, 1.82) is 0 Å². The molecule has 1 N–H and O–H groups in total. The molecule has 4 nitrogen and oxygen atoms in total. The minimum absolute atomic E-state index is 0.0965. The van der Waals surface area contributed by atoms with Crippen LogP contribution in [0, 0.1) is 25.7 Å². The molecule has 2 saturated heterocycles. The van der Waals surface area contributed by atoms with Crippen LogP contribution in [-0.2, 0) is 11.2 Å². The van der Waals surface area contributed by atoms with Crippen LogP contribution in [-0.4, -0.2) is 73.9 Å². The number of piperazine rings is 1. The van der Waals surface area contributed by atoms with E-state index in [4.69, 9.17) is 4.74 Å². The number of morpholine rings is 1. The molecule has 148 valence electrons. The molecule has 1 aromatic carbocycles. The van der Waals surface area contributed by atoms with Gasteiger partial charge in [-0.2, -0.15) is 0 Å². The quantitative estimate of drug-likeness (QED) is 0.824. The maximum atomic E-state index is 5.59. The van der Waals surface area contributed by atoms with Gasteiger partial charge in [0.05, 0.1) is 26.3 Å². The summed E-state index contributed by atoms with van der Waals surface area (Å²) in [6, 6.07) is 7.36. The molecule has 2 fully saturated rings. The lowest BCUT2D eigenvalue weighted by atomic mass is 10.00. The van der Waals surface area contributed by atoms with Crippen LogP contribution >= 0.6 is 0 Å². The molecule has 0 amide bonds. The highest BCUT2D eigenvalue weighted by Gasteiger charge is 2.29. The Kier molecular flexibility index (Phi) is 6.94. The normalized spacial score (nSPS) is 23.6. The second kappa shape index (κ2) is 9.21. The van der Waals surface area contributed by atoms with E-state index in [1.165, 1.54) is 16.7 Å². The molecule has 3 rings (SSSR count). The summed E-state index contributed by atoms with van der Waals surface area (Å²) in [6.07, 6.45) is 1.09. The van der Waals surface area contributed by atoms with Crippen molar-refractivity contribution in [2.24, 2.45) is 0 Å². The van der Waals surface area contributed by atoms with Crippen molar-refractivity contribution in [2.75, 3.05) is 52.5 Å². The zero-order chi connectivity index (χ0) is 19.3. The van der Waals surface area contributed by atoms with Gasteiger partial charge in [0.25, 0.3) is 0 Å². The summed E-state index contributed by atoms with van der Waals surface area (Å²) >= 11 is 0. The Hall–Kier alpha value is -1.38. The summed E-state index contributed by atoms with van der Waals surface area (Å²) in [4.78, 5) is 4.92. The molecule has 0 aromatic heterocycles. The molecule has 0 unspecified atom stereocenters. The van der Waals surface area contributed by atoms with Crippen LogP contribution in [0.3, 0.4) is 0 Å². The van der Waals surface area contributed by atoms with E-state index in [0.29, 0.717) is 6.04 Å². The molecule has 0 spiro atoms. The van der Waals surface area contributed by atoms with Crippen LogP contribution in [0.4, 0.5) is 0 Å². The summed E-state index contributed by atoms with van der Waals surface area (Å²) in [5.41, 5.74) is 4.28. The molecule has 0 aliphatic carbocycles. The Morgan fingerprint density at radius 3 is 2.74 bits per heavy atom. The highest BCUT2D eigenvalue weighted by Crippen LogP contribution is 2.18. The van der Waals surface area contributed by atoms with Gasteiger partial charge in [-0.05, 0) is 50.8 Å². The minimum Gasteiger partial charge on any atom is -0.378 e. The maximum Gasteiger partial charge on any atom is 0.0646 e. The molecule has 0 bridgehead atoms. The first kappa shape index (κ1) is 20.4. The summed E-state index contributed by atoms with van der Waals surface area (Å²) in [6.45, 7) is 16.4. The summed E-state index contributed by atoms with van der Waals surface area (Å²) in [5, 5.41) is 3.67. The van der Waals surface area contributed by atoms with Gasteiger partial charge in [-0.3, -0.25) is 9.80 Å². The molecule has 1 aromatic rings. The van der Waals surface area contributed by atoms with Gasteiger partial charge in [-0.1, -0.05) is 30.0 Å². The molecule has 0 radical (unpaired) electrons.